The molecular weight excluding hydrogens is 346 g/mol. The second kappa shape index (κ2) is 9.65. The Labute approximate surface area is 162 Å². The van der Waals surface area contributed by atoms with E-state index in [1.807, 2.05) is 32.7 Å². The smallest absolute Gasteiger partial charge is 0.208 e. The summed E-state index contributed by atoms with van der Waals surface area (Å²) in [7, 11) is 1.84. The van der Waals surface area contributed by atoms with Crippen LogP contribution in [0.25, 0.3) is 0 Å². The molecule has 0 amide bonds. The van der Waals surface area contributed by atoms with Crippen molar-refractivity contribution in [1.82, 2.24) is 20.5 Å². The molecule has 2 heterocycles. The Morgan fingerprint density at radius 1 is 1.31 bits per heavy atom. The third-order valence-corrected chi connectivity index (χ3v) is 6.40. The summed E-state index contributed by atoms with van der Waals surface area (Å²) in [6.07, 6.45) is 4.53. The summed E-state index contributed by atoms with van der Waals surface area (Å²) >= 11 is 1.87. The van der Waals surface area contributed by atoms with Crippen LogP contribution in [-0.4, -0.2) is 60.1 Å². The predicted molar refractivity (Wildman–Crippen MR) is 111 cm³/mol. The van der Waals surface area contributed by atoms with E-state index in [1.54, 1.807) is 0 Å². The number of rotatable bonds is 7. The van der Waals surface area contributed by atoms with Crippen LogP contribution in [0.4, 0.5) is 0 Å². The van der Waals surface area contributed by atoms with Crippen molar-refractivity contribution in [2.75, 3.05) is 39.5 Å². The van der Waals surface area contributed by atoms with Crippen LogP contribution in [0.2, 0.25) is 0 Å². The van der Waals surface area contributed by atoms with Crippen LogP contribution in [-0.2, 0) is 6.54 Å². The predicted octanol–water partition coefficient (Wildman–Crippen LogP) is 2.81. The van der Waals surface area contributed by atoms with Crippen LogP contribution < -0.4 is 10.6 Å². The normalized spacial score (nSPS) is 17.5. The average molecular weight is 382 g/mol. The van der Waals surface area contributed by atoms with Gasteiger partial charge in [0.2, 0.25) is 5.89 Å². The van der Waals surface area contributed by atoms with Gasteiger partial charge in [0.05, 0.1) is 12.2 Å². The summed E-state index contributed by atoms with van der Waals surface area (Å²) in [6, 6.07) is 0. The molecule has 0 saturated carbocycles. The molecule has 0 atom stereocenters. The Morgan fingerprint density at radius 2 is 2.00 bits per heavy atom. The van der Waals surface area contributed by atoms with Crippen LogP contribution >= 0.6 is 11.8 Å². The van der Waals surface area contributed by atoms with E-state index in [4.69, 9.17) is 4.42 Å². The molecule has 0 radical (unpaired) electrons. The van der Waals surface area contributed by atoms with Gasteiger partial charge >= 0.3 is 0 Å². The van der Waals surface area contributed by atoms with Crippen LogP contribution in [0.1, 0.15) is 44.0 Å². The number of aryl methyl sites for hydroxylation is 2. The standard InChI is InChI=1S/C19H35N5OS/c1-14-15(2)25-17(23-14)12-24-9-7-16(8-10-24)11-21-18(20-5)22-13-19(3,4)26-6/h16H,7-13H2,1-6H3,(H2,20,21,22). The van der Waals surface area contributed by atoms with Crippen molar-refractivity contribution in [2.24, 2.45) is 10.9 Å². The Morgan fingerprint density at radius 3 is 2.54 bits per heavy atom. The van der Waals surface area contributed by atoms with E-state index in [1.165, 1.54) is 12.8 Å². The van der Waals surface area contributed by atoms with E-state index in [-0.39, 0.29) is 4.75 Å². The Bertz CT molecular complexity index is 571. The molecule has 1 aromatic heterocycles. The van der Waals surface area contributed by atoms with Gasteiger partial charge in [-0.05, 0) is 65.8 Å². The second-order valence-corrected chi connectivity index (χ2v) is 9.25. The largest absolute Gasteiger partial charge is 0.444 e. The molecule has 26 heavy (non-hydrogen) atoms. The molecule has 7 heteroatoms. The monoisotopic (exact) mass is 381 g/mol. The molecular formula is C19H35N5OS. The number of thioether (sulfide) groups is 1. The maximum absolute atomic E-state index is 5.71. The quantitative estimate of drug-likeness (QED) is 0.559. The summed E-state index contributed by atoms with van der Waals surface area (Å²) in [6.45, 7) is 13.4. The lowest BCUT2D eigenvalue weighted by Crippen LogP contribution is -2.46. The molecule has 1 aromatic rings. The van der Waals surface area contributed by atoms with Crippen molar-refractivity contribution >= 4 is 17.7 Å². The number of hydrogen-bond acceptors (Lipinski definition) is 5. The van der Waals surface area contributed by atoms with Crippen molar-refractivity contribution in [2.45, 2.75) is 51.8 Å². The number of aliphatic imine (C=N–C) groups is 1. The first-order valence-corrected chi connectivity index (χ1v) is 10.7. The SMILES string of the molecule is CN=C(NCC1CCN(Cc2nc(C)c(C)o2)CC1)NCC(C)(C)SC. The van der Waals surface area contributed by atoms with Crippen molar-refractivity contribution in [3.05, 3.63) is 17.3 Å². The number of hydrogen-bond donors (Lipinski definition) is 2. The number of guanidine groups is 1. The number of piperidine rings is 1. The van der Waals surface area contributed by atoms with E-state index in [0.717, 1.165) is 56.0 Å². The molecule has 6 nitrogen and oxygen atoms in total. The Kier molecular flexibility index (Phi) is 7.83. The van der Waals surface area contributed by atoms with Gasteiger partial charge in [0.25, 0.3) is 0 Å². The highest BCUT2D eigenvalue weighted by Crippen LogP contribution is 2.20. The van der Waals surface area contributed by atoms with Crippen LogP contribution in [0.5, 0.6) is 0 Å². The van der Waals surface area contributed by atoms with Crippen LogP contribution in [0, 0.1) is 19.8 Å². The van der Waals surface area contributed by atoms with Gasteiger partial charge < -0.3 is 15.1 Å². The minimum absolute atomic E-state index is 0.208. The zero-order valence-corrected chi connectivity index (χ0v) is 18.0. The average Bonchev–Trinajstić information content (AvgIpc) is 2.94. The van der Waals surface area contributed by atoms with Gasteiger partial charge in [-0.3, -0.25) is 9.89 Å². The Balaban J connectivity index is 1.69. The fraction of sp³-hybridized carbons (Fsp3) is 0.789. The van der Waals surface area contributed by atoms with Gasteiger partial charge in [0.1, 0.15) is 5.76 Å². The maximum atomic E-state index is 5.71. The number of oxazole rings is 1. The minimum atomic E-state index is 0.208. The molecule has 1 saturated heterocycles. The van der Waals surface area contributed by atoms with E-state index >= 15 is 0 Å². The summed E-state index contributed by atoms with van der Waals surface area (Å²) in [5.74, 6) is 3.37. The van der Waals surface area contributed by atoms with Crippen molar-refractivity contribution in [3.63, 3.8) is 0 Å². The summed E-state index contributed by atoms with van der Waals surface area (Å²) in [5, 5.41) is 6.93. The second-order valence-electron chi connectivity index (χ2n) is 7.74. The maximum Gasteiger partial charge on any atom is 0.208 e. The van der Waals surface area contributed by atoms with Gasteiger partial charge in [0.15, 0.2) is 5.96 Å². The third kappa shape index (κ3) is 6.50. The highest BCUT2D eigenvalue weighted by atomic mass is 32.2. The van der Waals surface area contributed by atoms with Crippen molar-refractivity contribution in [1.29, 1.82) is 0 Å². The van der Waals surface area contributed by atoms with Crippen molar-refractivity contribution < 1.29 is 4.42 Å². The first-order valence-electron chi connectivity index (χ1n) is 9.48. The number of aromatic nitrogens is 1. The van der Waals surface area contributed by atoms with Gasteiger partial charge in [-0.1, -0.05) is 0 Å². The van der Waals surface area contributed by atoms with E-state index in [9.17, 15) is 0 Å². The molecule has 1 aliphatic rings. The number of likely N-dealkylation sites (tertiary alicyclic amines) is 1. The fourth-order valence-corrected chi connectivity index (χ4v) is 3.19. The zero-order valence-electron chi connectivity index (χ0n) is 17.2. The van der Waals surface area contributed by atoms with E-state index < -0.39 is 0 Å². The molecule has 2 rings (SSSR count). The van der Waals surface area contributed by atoms with Crippen LogP contribution in [0.15, 0.2) is 9.41 Å². The lowest BCUT2D eigenvalue weighted by Gasteiger charge is -2.31. The zero-order chi connectivity index (χ0) is 19.2. The number of nitrogens with zero attached hydrogens (tertiary/aromatic N) is 3. The topological polar surface area (TPSA) is 65.7 Å². The lowest BCUT2D eigenvalue weighted by atomic mass is 9.97. The van der Waals surface area contributed by atoms with Gasteiger partial charge in [-0.2, -0.15) is 11.8 Å². The number of nitrogens with one attached hydrogen (secondary N) is 2. The summed E-state index contributed by atoms with van der Waals surface area (Å²) < 4.78 is 5.92. The van der Waals surface area contributed by atoms with Gasteiger partial charge in [-0.25, -0.2) is 4.98 Å². The van der Waals surface area contributed by atoms with Crippen LogP contribution in [0.3, 0.4) is 0 Å². The Hall–Kier alpha value is -1.21. The molecule has 0 unspecified atom stereocenters. The summed E-state index contributed by atoms with van der Waals surface area (Å²) in [4.78, 5) is 11.3. The highest BCUT2D eigenvalue weighted by Gasteiger charge is 2.21. The molecule has 1 fully saturated rings. The van der Waals surface area contributed by atoms with Gasteiger partial charge in [0, 0.05) is 24.9 Å². The van der Waals surface area contributed by atoms with E-state index in [2.05, 4.69) is 45.6 Å². The van der Waals surface area contributed by atoms with Gasteiger partial charge in [-0.15, -0.1) is 0 Å². The molecule has 148 valence electrons. The highest BCUT2D eigenvalue weighted by molar-refractivity contribution is 7.99. The lowest BCUT2D eigenvalue weighted by molar-refractivity contribution is 0.164. The van der Waals surface area contributed by atoms with E-state index in [0.29, 0.717) is 5.92 Å². The first-order chi connectivity index (χ1) is 12.3. The summed E-state index contributed by atoms with van der Waals surface area (Å²) in [5.41, 5.74) is 1.00. The fourth-order valence-electron chi connectivity index (χ4n) is 2.98. The third-order valence-electron chi connectivity index (χ3n) is 5.15. The molecule has 0 bridgehead atoms. The minimum Gasteiger partial charge on any atom is -0.444 e. The molecule has 0 aromatic carbocycles. The molecule has 1 aliphatic heterocycles. The molecule has 0 aliphatic carbocycles. The first kappa shape index (κ1) is 21.1. The molecule has 2 N–H and O–H groups in total. The molecule has 0 spiro atoms. The van der Waals surface area contributed by atoms with Crippen molar-refractivity contribution in [3.8, 4) is 0 Å².